The lowest BCUT2D eigenvalue weighted by Gasteiger charge is -2.13. The first kappa shape index (κ1) is 29.4. The minimum absolute atomic E-state index is 0.181. The average molecular weight is 664 g/mol. The molecule has 11 heteroatoms. The molecule has 4 aromatic rings. The Morgan fingerprint density at radius 1 is 1.12 bits per heavy atom. The third-order valence-corrected chi connectivity index (χ3v) is 7.72. The van der Waals surface area contributed by atoms with E-state index in [9.17, 15) is 9.59 Å². The second-order valence-corrected chi connectivity index (χ2v) is 11.5. The van der Waals surface area contributed by atoms with Crippen molar-refractivity contribution in [2.24, 2.45) is 10.2 Å². The molecule has 1 aliphatic rings. The van der Waals surface area contributed by atoms with Crippen LogP contribution in [0.1, 0.15) is 22.5 Å². The fraction of sp³-hybridized carbons (Fsp3) is 0.0968. The van der Waals surface area contributed by atoms with Gasteiger partial charge in [-0.15, -0.1) is 5.10 Å². The van der Waals surface area contributed by atoms with Crippen LogP contribution in [0.5, 0.6) is 5.75 Å². The second kappa shape index (κ2) is 13.7. The van der Waals surface area contributed by atoms with Crippen LogP contribution in [-0.4, -0.2) is 34.7 Å². The summed E-state index contributed by atoms with van der Waals surface area (Å²) in [5, 5.41) is 12.2. The van der Waals surface area contributed by atoms with Crippen LogP contribution in [0.25, 0.3) is 6.08 Å². The van der Waals surface area contributed by atoms with Gasteiger partial charge in [0.25, 0.3) is 11.8 Å². The number of hydrogen-bond acceptors (Lipinski definition) is 7. The van der Waals surface area contributed by atoms with Gasteiger partial charge in [0, 0.05) is 20.7 Å². The zero-order chi connectivity index (χ0) is 29.5. The summed E-state index contributed by atoms with van der Waals surface area (Å²) in [7, 11) is 0. The zero-order valence-corrected chi connectivity index (χ0v) is 25.4. The van der Waals surface area contributed by atoms with E-state index in [2.05, 4.69) is 31.4 Å². The number of halogens is 2. The fourth-order valence-electron chi connectivity index (χ4n) is 3.86. The molecule has 5 rings (SSSR count). The number of amides is 2. The Morgan fingerprint density at radius 2 is 1.90 bits per heavy atom. The molecule has 212 valence electrons. The quantitative estimate of drug-likeness (QED) is 0.114. The van der Waals surface area contributed by atoms with Gasteiger partial charge in [-0.1, -0.05) is 57.4 Å². The van der Waals surface area contributed by atoms with Crippen LogP contribution in [0.2, 0.25) is 5.02 Å². The minimum Gasteiger partial charge on any atom is -0.483 e. The molecule has 2 heterocycles. The van der Waals surface area contributed by atoms with Gasteiger partial charge in [-0.3, -0.25) is 14.5 Å². The first-order valence-electron chi connectivity index (χ1n) is 12.7. The highest BCUT2D eigenvalue weighted by molar-refractivity contribution is 9.10. The molecule has 0 atom stereocenters. The van der Waals surface area contributed by atoms with Crippen LogP contribution >= 0.6 is 39.3 Å². The predicted octanol–water partition coefficient (Wildman–Crippen LogP) is 7.53. The van der Waals surface area contributed by atoms with Crippen LogP contribution in [0.15, 0.2) is 109 Å². The summed E-state index contributed by atoms with van der Waals surface area (Å²) in [5.41, 5.74) is 3.16. The summed E-state index contributed by atoms with van der Waals surface area (Å²) < 4.78 is 12.3. The van der Waals surface area contributed by atoms with E-state index in [4.69, 9.17) is 20.8 Å². The molecule has 0 unspecified atom stereocenters. The Balaban J connectivity index is 1.36. The van der Waals surface area contributed by atoms with Gasteiger partial charge in [0.05, 0.1) is 23.9 Å². The van der Waals surface area contributed by atoms with Gasteiger partial charge in [0.2, 0.25) is 0 Å². The topological polar surface area (TPSA) is 96.5 Å². The van der Waals surface area contributed by atoms with Crippen LogP contribution in [0, 0.1) is 6.92 Å². The number of nitrogens with zero attached hydrogens (tertiary/aromatic N) is 3. The van der Waals surface area contributed by atoms with Crippen LogP contribution in [-0.2, 0) is 16.1 Å². The maximum atomic E-state index is 13.5. The average Bonchev–Trinajstić information content (AvgIpc) is 3.59. The Hall–Kier alpha value is -4.12. The van der Waals surface area contributed by atoms with Gasteiger partial charge in [0.1, 0.15) is 11.5 Å². The van der Waals surface area contributed by atoms with Gasteiger partial charge in [-0.25, -0.2) is 0 Å². The van der Waals surface area contributed by atoms with E-state index in [1.165, 1.54) is 16.7 Å². The number of thioether (sulfide) groups is 1. The lowest BCUT2D eigenvalue weighted by molar-refractivity contribution is -0.122. The van der Waals surface area contributed by atoms with Crippen molar-refractivity contribution < 1.29 is 18.7 Å². The molecule has 1 aliphatic heterocycles. The monoisotopic (exact) mass is 662 g/mol. The fourth-order valence-corrected chi connectivity index (χ4v) is 5.23. The normalized spacial score (nSPS) is 15.2. The first-order chi connectivity index (χ1) is 20.3. The number of carbonyl (C=O) groups is 2. The summed E-state index contributed by atoms with van der Waals surface area (Å²) in [6, 6.07) is 23.6. The van der Waals surface area contributed by atoms with E-state index < -0.39 is 0 Å². The smallest absolute Gasteiger partial charge is 0.267 e. The summed E-state index contributed by atoms with van der Waals surface area (Å²) in [6.45, 7) is 1.93. The lowest BCUT2D eigenvalue weighted by Crippen LogP contribution is -2.28. The van der Waals surface area contributed by atoms with Gasteiger partial charge < -0.3 is 14.5 Å². The summed E-state index contributed by atoms with van der Waals surface area (Å²) in [4.78, 5) is 27.9. The summed E-state index contributed by atoms with van der Waals surface area (Å²) in [6.07, 6.45) is 4.83. The Bertz CT molecular complexity index is 1670. The molecule has 1 aromatic heterocycles. The lowest BCUT2D eigenvalue weighted by atomic mass is 10.2. The molecule has 0 saturated carbocycles. The van der Waals surface area contributed by atoms with Crippen molar-refractivity contribution in [3.05, 3.63) is 122 Å². The van der Waals surface area contributed by atoms with Gasteiger partial charge in [0.15, 0.2) is 11.8 Å². The van der Waals surface area contributed by atoms with Gasteiger partial charge in [-0.2, -0.15) is 5.10 Å². The highest BCUT2D eigenvalue weighted by Crippen LogP contribution is 2.36. The molecular formula is C31H24BrClN4O4S. The molecule has 3 aromatic carbocycles. The molecular weight excluding hydrogens is 640 g/mol. The largest absolute Gasteiger partial charge is 0.483 e. The van der Waals surface area contributed by atoms with Crippen molar-refractivity contribution in [3.8, 4) is 5.75 Å². The summed E-state index contributed by atoms with van der Waals surface area (Å²) in [5.74, 6) is 0.398. The summed E-state index contributed by atoms with van der Waals surface area (Å²) >= 11 is 10.9. The third-order valence-electron chi connectivity index (χ3n) is 5.95. The number of rotatable bonds is 9. The highest BCUT2D eigenvalue weighted by atomic mass is 79.9. The van der Waals surface area contributed by atoms with Crippen LogP contribution in [0.3, 0.4) is 0 Å². The number of ether oxygens (including phenoxy) is 1. The van der Waals surface area contributed by atoms with E-state index in [1.807, 2.05) is 55.5 Å². The molecule has 1 N–H and O–H groups in total. The molecule has 1 saturated heterocycles. The Kier molecular flexibility index (Phi) is 9.58. The van der Waals surface area contributed by atoms with E-state index in [0.717, 1.165) is 15.6 Å². The van der Waals surface area contributed by atoms with E-state index in [-0.39, 0.29) is 25.0 Å². The molecule has 0 spiro atoms. The number of benzene rings is 3. The van der Waals surface area contributed by atoms with E-state index in [1.54, 1.807) is 48.9 Å². The van der Waals surface area contributed by atoms with Gasteiger partial charge in [-0.05, 0) is 84.9 Å². The molecule has 8 nitrogen and oxygen atoms in total. The third kappa shape index (κ3) is 7.79. The molecule has 42 heavy (non-hydrogen) atoms. The standard InChI is InChI=1S/C31H24BrClN4O4S/c1-20-4-11-25(12-5-20)35-29(38)19-41-27-13-10-24(33)15-22(27)16-28-30(39)37(18-26-3-2-14-40-26)31(42-28)36-34-17-21-6-8-23(32)9-7-21/h2-17H,18-19H2,1H3,(H,35,38)/b28-16-,34-17-,36-31+. The Labute approximate surface area is 260 Å². The number of nitrogens with one attached hydrogen (secondary N) is 1. The maximum absolute atomic E-state index is 13.5. The van der Waals surface area contributed by atoms with Crippen molar-refractivity contribution in [2.45, 2.75) is 13.5 Å². The minimum atomic E-state index is -0.318. The van der Waals surface area contributed by atoms with Crippen molar-refractivity contribution in [1.82, 2.24) is 4.90 Å². The van der Waals surface area contributed by atoms with Crippen LogP contribution < -0.4 is 10.1 Å². The number of hydrogen-bond donors (Lipinski definition) is 1. The molecule has 1 fully saturated rings. The number of anilines is 1. The second-order valence-electron chi connectivity index (χ2n) is 9.15. The maximum Gasteiger partial charge on any atom is 0.267 e. The first-order valence-corrected chi connectivity index (χ1v) is 14.7. The van der Waals surface area contributed by atoms with Crippen molar-refractivity contribution in [1.29, 1.82) is 0 Å². The number of amidine groups is 1. The van der Waals surface area contributed by atoms with Crippen molar-refractivity contribution >= 4 is 74.3 Å². The molecule has 0 aliphatic carbocycles. The van der Waals surface area contributed by atoms with E-state index >= 15 is 0 Å². The number of furan rings is 1. The van der Waals surface area contributed by atoms with Crippen LogP contribution in [0.4, 0.5) is 5.69 Å². The molecule has 0 radical (unpaired) electrons. The number of carbonyl (C=O) groups excluding carboxylic acids is 2. The molecule has 2 amide bonds. The zero-order valence-electron chi connectivity index (χ0n) is 22.3. The Morgan fingerprint density at radius 3 is 2.64 bits per heavy atom. The number of aryl methyl sites for hydroxylation is 1. The molecule has 0 bridgehead atoms. The predicted molar refractivity (Wildman–Crippen MR) is 171 cm³/mol. The van der Waals surface area contributed by atoms with Crippen molar-refractivity contribution in [2.75, 3.05) is 11.9 Å². The van der Waals surface area contributed by atoms with Gasteiger partial charge >= 0.3 is 0 Å². The van der Waals surface area contributed by atoms with E-state index in [0.29, 0.717) is 37.9 Å². The highest BCUT2D eigenvalue weighted by Gasteiger charge is 2.34. The SMILES string of the molecule is Cc1ccc(NC(=O)COc2ccc(Cl)cc2/C=C2\S/C(=N/N=C\c3ccc(Br)cc3)N(Cc3ccco3)C2=O)cc1. The van der Waals surface area contributed by atoms with Crippen molar-refractivity contribution in [3.63, 3.8) is 0 Å².